The van der Waals surface area contributed by atoms with Crippen LogP contribution >= 0.6 is 23.2 Å². The van der Waals surface area contributed by atoms with Crippen molar-refractivity contribution < 1.29 is 19.5 Å². The Hall–Kier alpha value is -5.26. The first-order valence-electron chi connectivity index (χ1n) is 15.8. The van der Waals surface area contributed by atoms with Crippen molar-refractivity contribution in [1.82, 2.24) is 25.1 Å². The van der Waals surface area contributed by atoms with Crippen molar-refractivity contribution in [2.75, 3.05) is 17.2 Å². The highest BCUT2D eigenvalue weighted by molar-refractivity contribution is 6.38. The number of carbonyl (C=O) groups is 3. The van der Waals surface area contributed by atoms with Crippen LogP contribution < -0.4 is 16.0 Å². The Kier molecular flexibility index (Phi) is 12.3. The Morgan fingerprint density at radius 2 is 1.55 bits per heavy atom. The summed E-state index contributed by atoms with van der Waals surface area (Å²) in [5.41, 5.74) is 2.90. The molecule has 0 aliphatic heterocycles. The van der Waals surface area contributed by atoms with Gasteiger partial charge in [-0.25, -0.2) is 9.67 Å². The number of para-hydroxylation sites is 1. The highest BCUT2D eigenvalue weighted by Gasteiger charge is 2.21. The monoisotopic (exact) mass is 699 g/mol. The summed E-state index contributed by atoms with van der Waals surface area (Å²) >= 11 is 12.9. The number of carboxylic acids is 1. The highest BCUT2D eigenvalue weighted by Crippen LogP contribution is 2.32. The fourth-order valence-corrected chi connectivity index (χ4v) is 5.64. The van der Waals surface area contributed by atoms with Gasteiger partial charge in [0, 0.05) is 43.5 Å². The van der Waals surface area contributed by atoms with Crippen LogP contribution in [0.2, 0.25) is 10.0 Å². The van der Waals surface area contributed by atoms with E-state index >= 15 is 0 Å². The molecule has 49 heavy (non-hydrogen) atoms. The van der Waals surface area contributed by atoms with Crippen molar-refractivity contribution in [3.8, 4) is 16.9 Å². The normalized spacial score (nSPS) is 10.8. The van der Waals surface area contributed by atoms with E-state index in [4.69, 9.17) is 28.3 Å². The zero-order valence-electron chi connectivity index (χ0n) is 26.5. The number of aliphatic carboxylic acids is 1. The number of nitrogens with one attached hydrogen (secondary N) is 3. The molecule has 0 aliphatic carbocycles. The van der Waals surface area contributed by atoms with Crippen molar-refractivity contribution in [3.05, 3.63) is 118 Å². The van der Waals surface area contributed by atoms with E-state index in [1.807, 2.05) is 48.5 Å². The summed E-state index contributed by atoms with van der Waals surface area (Å²) in [6.07, 6.45) is 8.05. The van der Waals surface area contributed by atoms with Crippen LogP contribution in [0.3, 0.4) is 0 Å². The van der Waals surface area contributed by atoms with Gasteiger partial charge in [0.15, 0.2) is 5.69 Å². The lowest BCUT2D eigenvalue weighted by molar-refractivity contribution is -0.137. The van der Waals surface area contributed by atoms with Gasteiger partial charge in [0.2, 0.25) is 0 Å². The van der Waals surface area contributed by atoms with Gasteiger partial charge in [0.25, 0.3) is 11.8 Å². The number of carboxylic acid groups (broad SMARTS) is 1. The van der Waals surface area contributed by atoms with Crippen LogP contribution in [0, 0.1) is 0 Å². The van der Waals surface area contributed by atoms with Gasteiger partial charge in [-0.1, -0.05) is 66.7 Å². The number of halogens is 2. The van der Waals surface area contributed by atoms with Crippen molar-refractivity contribution in [1.29, 1.82) is 0 Å². The first-order chi connectivity index (χ1) is 23.8. The number of pyridine rings is 2. The number of carbonyl (C=O) groups excluding carboxylic acids is 2. The van der Waals surface area contributed by atoms with Gasteiger partial charge in [0.05, 0.1) is 27.0 Å². The summed E-state index contributed by atoms with van der Waals surface area (Å²) in [4.78, 5) is 46.2. The summed E-state index contributed by atoms with van der Waals surface area (Å²) in [7, 11) is 0. The van der Waals surface area contributed by atoms with Crippen LogP contribution in [-0.4, -0.2) is 49.2 Å². The van der Waals surface area contributed by atoms with Crippen molar-refractivity contribution >= 4 is 52.6 Å². The first kappa shape index (κ1) is 35.1. The van der Waals surface area contributed by atoms with Gasteiger partial charge in [-0.2, -0.15) is 5.10 Å². The number of nitrogens with zero attached hydrogens (tertiary/aromatic N) is 4. The van der Waals surface area contributed by atoms with Gasteiger partial charge in [-0.3, -0.25) is 19.4 Å². The molecule has 0 aliphatic rings. The number of amides is 2. The SMILES string of the molecule is O=C(O)CCCCCCCNc1cc(CNC(=O)c2cc(NC(=O)c3cc(-c4ccccn4)c(Cl)cc3Cl)n(-c3ccccc3)n2)ccn1. The van der Waals surface area contributed by atoms with E-state index < -0.39 is 17.8 Å². The Labute approximate surface area is 293 Å². The van der Waals surface area contributed by atoms with Crippen LogP contribution in [0.25, 0.3) is 16.9 Å². The van der Waals surface area contributed by atoms with Crippen molar-refractivity contribution in [3.63, 3.8) is 0 Å². The maximum Gasteiger partial charge on any atom is 0.303 e. The molecule has 0 saturated carbocycles. The maximum atomic E-state index is 13.6. The maximum absolute atomic E-state index is 13.6. The van der Waals surface area contributed by atoms with Crippen molar-refractivity contribution in [2.45, 2.75) is 45.1 Å². The molecule has 0 atom stereocenters. The molecule has 13 heteroatoms. The largest absolute Gasteiger partial charge is 0.481 e. The van der Waals surface area contributed by atoms with Gasteiger partial charge in [-0.15, -0.1) is 0 Å². The molecule has 0 radical (unpaired) electrons. The van der Waals surface area contributed by atoms with E-state index in [9.17, 15) is 14.4 Å². The number of aromatic nitrogens is 4. The van der Waals surface area contributed by atoms with Crippen LogP contribution in [0.1, 0.15) is 64.9 Å². The molecular formula is C36H35Cl2N7O4. The molecule has 5 rings (SSSR count). The number of hydrogen-bond donors (Lipinski definition) is 4. The third-order valence-electron chi connectivity index (χ3n) is 7.58. The lowest BCUT2D eigenvalue weighted by Gasteiger charge is -2.12. The third kappa shape index (κ3) is 9.88. The van der Waals surface area contributed by atoms with E-state index in [0.717, 1.165) is 37.8 Å². The van der Waals surface area contributed by atoms with E-state index in [2.05, 4.69) is 31.0 Å². The lowest BCUT2D eigenvalue weighted by atomic mass is 10.1. The molecule has 4 N–H and O–H groups in total. The molecule has 0 saturated heterocycles. The second-order valence-corrected chi connectivity index (χ2v) is 12.0. The van der Waals surface area contributed by atoms with E-state index in [-0.39, 0.29) is 35.1 Å². The summed E-state index contributed by atoms with van der Waals surface area (Å²) in [5.74, 6) is -0.734. The molecule has 5 aromatic rings. The second kappa shape index (κ2) is 17.2. The zero-order chi connectivity index (χ0) is 34.6. The summed E-state index contributed by atoms with van der Waals surface area (Å²) in [6, 6.07) is 22.8. The fourth-order valence-electron chi connectivity index (χ4n) is 5.07. The lowest BCUT2D eigenvalue weighted by Crippen LogP contribution is -2.23. The minimum atomic E-state index is -0.754. The molecule has 0 fully saturated rings. The van der Waals surface area contributed by atoms with Gasteiger partial charge in [-0.05, 0) is 66.9 Å². The molecule has 11 nitrogen and oxygen atoms in total. The van der Waals surface area contributed by atoms with Gasteiger partial charge >= 0.3 is 5.97 Å². The molecule has 3 aromatic heterocycles. The Morgan fingerprint density at radius 3 is 2.33 bits per heavy atom. The third-order valence-corrected chi connectivity index (χ3v) is 8.20. The Bertz CT molecular complexity index is 1900. The first-order valence-corrected chi connectivity index (χ1v) is 16.6. The van der Waals surface area contributed by atoms with E-state index in [0.29, 0.717) is 34.2 Å². The summed E-state index contributed by atoms with van der Waals surface area (Å²) < 4.78 is 1.48. The Balaban J connectivity index is 1.24. The number of benzene rings is 2. The minimum Gasteiger partial charge on any atom is -0.481 e. The molecule has 3 heterocycles. The van der Waals surface area contributed by atoms with Gasteiger partial charge < -0.3 is 21.1 Å². The van der Waals surface area contributed by atoms with Crippen molar-refractivity contribution in [2.24, 2.45) is 0 Å². The number of unbranched alkanes of at least 4 members (excludes halogenated alkanes) is 4. The average molecular weight is 701 g/mol. The second-order valence-electron chi connectivity index (χ2n) is 11.2. The molecule has 252 valence electrons. The topological polar surface area (TPSA) is 151 Å². The zero-order valence-corrected chi connectivity index (χ0v) is 28.0. The van der Waals surface area contributed by atoms with E-state index in [1.54, 1.807) is 30.6 Å². The quantitative estimate of drug-likeness (QED) is 0.0767. The number of anilines is 2. The molecule has 2 aromatic carbocycles. The highest BCUT2D eigenvalue weighted by atomic mass is 35.5. The van der Waals surface area contributed by atoms with E-state index in [1.165, 1.54) is 16.8 Å². The van der Waals surface area contributed by atoms with Crippen LogP contribution in [0.5, 0.6) is 0 Å². The minimum absolute atomic E-state index is 0.103. The summed E-state index contributed by atoms with van der Waals surface area (Å²) in [6.45, 7) is 0.967. The van der Waals surface area contributed by atoms with Gasteiger partial charge in [0.1, 0.15) is 11.6 Å². The standard InChI is InChI=1S/C36H35Cl2N7O4/c37-28-21-29(38)27(20-26(28)30-13-8-10-16-39-30)35(48)43-33-22-31(44-45(33)25-11-5-4-6-12-25)36(49)42-23-24-15-18-41-32(19-24)40-17-9-3-1-2-7-14-34(46)47/h4-6,8,10-13,15-16,18-22H,1-3,7,9,14,17,23H2,(H,40,41)(H,42,49)(H,43,48)(H,46,47). The summed E-state index contributed by atoms with van der Waals surface area (Å²) in [5, 5.41) is 22.8. The van der Waals surface area contributed by atoms with Crippen LogP contribution in [0.15, 0.2) is 91.3 Å². The molecule has 0 spiro atoms. The number of hydrogen-bond acceptors (Lipinski definition) is 7. The van der Waals surface area contributed by atoms with Crippen LogP contribution in [-0.2, 0) is 11.3 Å². The molecule has 0 unspecified atom stereocenters. The predicted molar refractivity (Wildman–Crippen MR) is 190 cm³/mol. The fraction of sp³-hybridized carbons (Fsp3) is 0.222. The van der Waals surface area contributed by atoms with Crippen LogP contribution in [0.4, 0.5) is 11.6 Å². The molecule has 2 amide bonds. The Morgan fingerprint density at radius 1 is 0.776 bits per heavy atom. The molecular weight excluding hydrogens is 665 g/mol. The predicted octanol–water partition coefficient (Wildman–Crippen LogP) is 7.66. The smallest absolute Gasteiger partial charge is 0.303 e. The number of rotatable bonds is 16. The average Bonchev–Trinajstić information content (AvgIpc) is 3.53. The molecule has 0 bridgehead atoms.